The van der Waals surface area contributed by atoms with Gasteiger partial charge in [-0.05, 0) is 130 Å². The lowest BCUT2D eigenvalue weighted by atomic mass is 9.75. The number of aromatic nitrogens is 1. The van der Waals surface area contributed by atoms with Crippen molar-refractivity contribution in [3.63, 3.8) is 0 Å². The van der Waals surface area contributed by atoms with Crippen LogP contribution < -0.4 is 5.73 Å². The number of hydrogen-bond donors (Lipinski definition) is 1. The molecule has 198 valence electrons. The average Bonchev–Trinajstić information content (AvgIpc) is 2.97. The molecule has 2 fully saturated rings. The van der Waals surface area contributed by atoms with Crippen molar-refractivity contribution in [1.82, 2.24) is 9.88 Å². The number of nitrogens with two attached hydrogens (primary N) is 1. The number of carbonyl (C=O) groups excluding carboxylic acids is 2. The van der Waals surface area contributed by atoms with E-state index in [1.54, 1.807) is 18.3 Å². The standard InChI is InChI=1S/C32H36FN3O2/c33-28-10-7-24(8-11-28)31(37)25-14-18-36(19-15-25)17-13-22-3-5-23(6-4-22)30-20-26(9-12-29(30)32(34)38)27-2-1-16-35-21-27/h1-2,7-12,16,20-23,25H,3-6,13-15,17-19H2,(H2,34,38). The van der Waals surface area contributed by atoms with Crippen LogP contribution in [0.2, 0.25) is 0 Å². The van der Waals surface area contributed by atoms with Crippen molar-refractivity contribution in [2.75, 3.05) is 19.6 Å². The number of pyridine rings is 1. The molecule has 1 aromatic heterocycles. The van der Waals surface area contributed by atoms with Crippen LogP contribution >= 0.6 is 0 Å². The van der Waals surface area contributed by atoms with Crippen LogP contribution in [0.15, 0.2) is 67.0 Å². The Balaban J connectivity index is 1.11. The summed E-state index contributed by atoms with van der Waals surface area (Å²) in [7, 11) is 0. The molecule has 3 aromatic rings. The molecule has 1 saturated carbocycles. The van der Waals surface area contributed by atoms with E-state index in [1.165, 1.54) is 18.6 Å². The molecule has 6 heteroatoms. The van der Waals surface area contributed by atoms with Gasteiger partial charge in [0.05, 0.1) is 0 Å². The summed E-state index contributed by atoms with van der Waals surface area (Å²) in [6.07, 6.45) is 10.9. The van der Waals surface area contributed by atoms with Crippen molar-refractivity contribution in [2.45, 2.75) is 50.9 Å². The molecule has 2 aromatic carbocycles. The molecule has 5 rings (SSSR count). The van der Waals surface area contributed by atoms with Crippen LogP contribution in [-0.2, 0) is 0 Å². The molecule has 0 bridgehead atoms. The Hall–Kier alpha value is -3.38. The fraction of sp³-hybridized carbons (Fsp3) is 0.406. The minimum atomic E-state index is -0.360. The normalized spacial score (nSPS) is 20.8. The molecule has 38 heavy (non-hydrogen) atoms. The Labute approximate surface area is 224 Å². The van der Waals surface area contributed by atoms with Gasteiger partial charge >= 0.3 is 0 Å². The smallest absolute Gasteiger partial charge is 0.248 e. The molecule has 1 aliphatic carbocycles. The number of rotatable bonds is 8. The minimum absolute atomic E-state index is 0.0361. The van der Waals surface area contributed by atoms with E-state index in [4.69, 9.17) is 5.73 Å². The average molecular weight is 514 g/mol. The molecule has 1 saturated heterocycles. The Morgan fingerprint density at radius 1 is 0.921 bits per heavy atom. The minimum Gasteiger partial charge on any atom is -0.366 e. The Morgan fingerprint density at radius 2 is 1.66 bits per heavy atom. The van der Waals surface area contributed by atoms with E-state index < -0.39 is 0 Å². The van der Waals surface area contributed by atoms with E-state index in [-0.39, 0.29) is 23.4 Å². The SMILES string of the molecule is NC(=O)c1ccc(-c2cccnc2)cc1C1CCC(CCN2CCC(C(=O)c3ccc(F)cc3)CC2)CC1. The van der Waals surface area contributed by atoms with Gasteiger partial charge in [0.2, 0.25) is 5.91 Å². The summed E-state index contributed by atoms with van der Waals surface area (Å²) < 4.78 is 13.2. The van der Waals surface area contributed by atoms with E-state index in [0.29, 0.717) is 23.0 Å². The molecule has 0 spiro atoms. The van der Waals surface area contributed by atoms with E-state index in [1.807, 2.05) is 30.5 Å². The lowest BCUT2D eigenvalue weighted by molar-refractivity contribution is 0.0832. The Kier molecular flexibility index (Phi) is 8.28. The first-order valence-corrected chi connectivity index (χ1v) is 13.8. The summed E-state index contributed by atoms with van der Waals surface area (Å²) in [5.41, 5.74) is 10.2. The summed E-state index contributed by atoms with van der Waals surface area (Å²) >= 11 is 0. The monoisotopic (exact) mass is 513 g/mol. The van der Waals surface area contributed by atoms with Gasteiger partial charge in [-0.25, -0.2) is 4.39 Å². The van der Waals surface area contributed by atoms with Gasteiger partial charge in [0, 0.05) is 29.4 Å². The van der Waals surface area contributed by atoms with E-state index in [0.717, 1.165) is 74.8 Å². The lowest BCUT2D eigenvalue weighted by Gasteiger charge is -2.34. The second-order valence-electron chi connectivity index (χ2n) is 10.9. The van der Waals surface area contributed by atoms with E-state index in [9.17, 15) is 14.0 Å². The van der Waals surface area contributed by atoms with Crippen LogP contribution in [0.3, 0.4) is 0 Å². The van der Waals surface area contributed by atoms with Gasteiger partial charge in [-0.2, -0.15) is 0 Å². The number of piperidine rings is 1. The zero-order chi connectivity index (χ0) is 26.5. The third-order valence-electron chi connectivity index (χ3n) is 8.54. The lowest BCUT2D eigenvalue weighted by Crippen LogP contribution is -2.37. The number of likely N-dealkylation sites (tertiary alicyclic amines) is 1. The molecular weight excluding hydrogens is 477 g/mol. The van der Waals surface area contributed by atoms with Crippen molar-refractivity contribution in [2.24, 2.45) is 17.6 Å². The van der Waals surface area contributed by atoms with Crippen LogP contribution in [0.25, 0.3) is 11.1 Å². The van der Waals surface area contributed by atoms with Crippen LogP contribution in [-0.4, -0.2) is 41.2 Å². The van der Waals surface area contributed by atoms with E-state index in [2.05, 4.69) is 16.0 Å². The summed E-state index contributed by atoms with van der Waals surface area (Å²) in [5.74, 6) is 0.542. The number of Topliss-reactive ketones (excluding diaryl/α,β-unsaturated/α-hetero) is 1. The van der Waals surface area contributed by atoms with E-state index >= 15 is 0 Å². The summed E-state index contributed by atoms with van der Waals surface area (Å²) in [4.78, 5) is 31.7. The molecule has 0 radical (unpaired) electrons. The Bertz CT molecular complexity index is 1250. The zero-order valence-corrected chi connectivity index (χ0v) is 21.8. The highest BCUT2D eigenvalue weighted by atomic mass is 19.1. The van der Waals surface area contributed by atoms with Crippen molar-refractivity contribution in [3.05, 3.63) is 89.5 Å². The molecule has 5 nitrogen and oxygen atoms in total. The molecule has 1 aliphatic heterocycles. The fourth-order valence-corrected chi connectivity index (χ4v) is 6.23. The molecule has 0 atom stereocenters. The van der Waals surface area contributed by atoms with Gasteiger partial charge in [0.15, 0.2) is 5.78 Å². The molecule has 2 N–H and O–H groups in total. The van der Waals surface area contributed by atoms with Crippen LogP contribution in [0, 0.1) is 17.7 Å². The predicted octanol–water partition coefficient (Wildman–Crippen LogP) is 6.25. The first kappa shape index (κ1) is 26.2. The van der Waals surface area contributed by atoms with Crippen molar-refractivity contribution in [1.29, 1.82) is 0 Å². The van der Waals surface area contributed by atoms with Gasteiger partial charge in [-0.3, -0.25) is 14.6 Å². The topological polar surface area (TPSA) is 76.3 Å². The van der Waals surface area contributed by atoms with Gasteiger partial charge in [0.25, 0.3) is 0 Å². The molecule has 0 unspecified atom stereocenters. The second kappa shape index (κ2) is 12.0. The van der Waals surface area contributed by atoms with Crippen molar-refractivity contribution < 1.29 is 14.0 Å². The first-order valence-electron chi connectivity index (χ1n) is 13.8. The van der Waals surface area contributed by atoms with Gasteiger partial charge in [0.1, 0.15) is 5.82 Å². The number of halogens is 1. The number of hydrogen-bond acceptors (Lipinski definition) is 4. The molecule has 2 aliphatic rings. The highest BCUT2D eigenvalue weighted by Crippen LogP contribution is 2.40. The maximum atomic E-state index is 13.2. The fourth-order valence-electron chi connectivity index (χ4n) is 6.23. The van der Waals surface area contributed by atoms with Crippen LogP contribution in [0.5, 0.6) is 0 Å². The second-order valence-corrected chi connectivity index (χ2v) is 10.9. The van der Waals surface area contributed by atoms with Crippen molar-refractivity contribution >= 4 is 11.7 Å². The molecular formula is C32H36FN3O2. The van der Waals surface area contributed by atoms with Crippen LogP contribution in [0.1, 0.15) is 77.1 Å². The third kappa shape index (κ3) is 6.18. The molecule has 2 heterocycles. The van der Waals surface area contributed by atoms with Crippen LogP contribution in [0.4, 0.5) is 4.39 Å². The van der Waals surface area contributed by atoms with Crippen molar-refractivity contribution in [3.8, 4) is 11.1 Å². The number of carbonyl (C=O) groups is 2. The summed E-state index contributed by atoms with van der Waals surface area (Å²) in [5, 5.41) is 0. The maximum absolute atomic E-state index is 13.2. The Morgan fingerprint density at radius 3 is 2.32 bits per heavy atom. The largest absolute Gasteiger partial charge is 0.366 e. The highest BCUT2D eigenvalue weighted by molar-refractivity contribution is 5.98. The number of ketones is 1. The molecule has 1 amide bonds. The van der Waals surface area contributed by atoms with Gasteiger partial charge < -0.3 is 10.6 Å². The quantitative estimate of drug-likeness (QED) is 0.362. The zero-order valence-electron chi connectivity index (χ0n) is 21.8. The first-order chi connectivity index (χ1) is 18.5. The maximum Gasteiger partial charge on any atom is 0.248 e. The van der Waals surface area contributed by atoms with Gasteiger partial charge in [-0.15, -0.1) is 0 Å². The number of primary amides is 1. The third-order valence-corrected chi connectivity index (χ3v) is 8.54. The summed E-state index contributed by atoms with van der Waals surface area (Å²) in [6.45, 7) is 2.95. The number of amides is 1. The summed E-state index contributed by atoms with van der Waals surface area (Å²) in [6, 6.07) is 15.9. The highest BCUT2D eigenvalue weighted by Gasteiger charge is 2.28. The number of benzene rings is 2. The number of nitrogens with zero attached hydrogens (tertiary/aromatic N) is 2. The predicted molar refractivity (Wildman–Crippen MR) is 147 cm³/mol. The van der Waals surface area contributed by atoms with Gasteiger partial charge in [-0.1, -0.05) is 18.2 Å².